The summed E-state index contributed by atoms with van der Waals surface area (Å²) in [5.41, 5.74) is 0.976. The van der Waals surface area contributed by atoms with E-state index in [-0.39, 0.29) is 0 Å². The van der Waals surface area contributed by atoms with Crippen LogP contribution in [0.5, 0.6) is 0 Å². The molecule has 0 amide bonds. The first-order chi connectivity index (χ1) is 15.4. The molecule has 34 heavy (non-hydrogen) atoms. The average Bonchev–Trinajstić information content (AvgIpc) is 3.02. The zero-order valence-corrected chi connectivity index (χ0v) is 24.0. The first-order valence-corrected chi connectivity index (χ1v) is 15.6. The summed E-state index contributed by atoms with van der Waals surface area (Å²) in [7, 11) is -1.58. The minimum Gasteiger partial charge on any atom is -0.400 e. The van der Waals surface area contributed by atoms with Crippen LogP contribution in [0.4, 0.5) is 0 Å². The van der Waals surface area contributed by atoms with Crippen molar-refractivity contribution in [3.63, 3.8) is 0 Å². The highest BCUT2D eigenvalue weighted by Crippen LogP contribution is 2.46. The van der Waals surface area contributed by atoms with E-state index in [4.69, 9.17) is 23.5 Å². The van der Waals surface area contributed by atoms with E-state index < -0.39 is 44.7 Å². The van der Waals surface area contributed by atoms with Gasteiger partial charge in [-0.25, -0.2) is 0 Å². The van der Waals surface area contributed by atoms with Gasteiger partial charge >= 0.3 is 14.2 Å². The van der Waals surface area contributed by atoms with E-state index in [1.54, 1.807) is 13.3 Å². The molecule has 0 saturated carbocycles. The van der Waals surface area contributed by atoms with Crippen molar-refractivity contribution in [3.8, 4) is 0 Å². The lowest BCUT2D eigenvalue weighted by atomic mass is 9.67. The van der Waals surface area contributed by atoms with Crippen molar-refractivity contribution in [3.05, 3.63) is 40.5 Å². The summed E-state index contributed by atoms with van der Waals surface area (Å²) in [4.78, 5) is 5.00. The Hall–Kier alpha value is -1.38. The highest BCUT2D eigenvalue weighted by atomic mass is 28.3. The van der Waals surface area contributed by atoms with Gasteiger partial charge in [-0.3, -0.25) is 0 Å². The van der Waals surface area contributed by atoms with E-state index in [9.17, 15) is 0 Å². The molecule has 0 spiro atoms. The monoisotopic (exact) mass is 485 g/mol. The molecule has 0 atom stereocenters. The Bertz CT molecular complexity index is 950. The van der Waals surface area contributed by atoms with Crippen molar-refractivity contribution in [2.24, 2.45) is 5.16 Å². The first kappa shape index (κ1) is 27.2. The predicted octanol–water partition coefficient (Wildman–Crippen LogP) is 5.56. The topological polar surface area (TPSA) is 58.5 Å². The van der Waals surface area contributed by atoms with Crippen LogP contribution < -0.4 is 0 Å². The van der Waals surface area contributed by atoms with Crippen LogP contribution in [0.3, 0.4) is 0 Å². The van der Waals surface area contributed by atoms with Crippen LogP contribution in [0.15, 0.2) is 34.5 Å². The zero-order valence-electron chi connectivity index (χ0n) is 23.0. The lowest BCUT2D eigenvalue weighted by Gasteiger charge is -2.32. The summed E-state index contributed by atoms with van der Waals surface area (Å²) < 4.78 is 26.5. The molecule has 2 aliphatic rings. The lowest BCUT2D eigenvalue weighted by Crippen LogP contribution is -2.41. The minimum atomic E-state index is -2.04. The van der Waals surface area contributed by atoms with Gasteiger partial charge in [-0.15, -0.1) is 0 Å². The van der Waals surface area contributed by atoms with Gasteiger partial charge in [0.15, 0.2) is 0 Å². The van der Waals surface area contributed by atoms with Crippen LogP contribution in [0, 0.1) is 0 Å². The maximum absolute atomic E-state index is 6.64. The van der Waals surface area contributed by atoms with E-state index in [1.807, 2.05) is 18.2 Å². The van der Waals surface area contributed by atoms with E-state index in [2.05, 4.69) is 86.3 Å². The molecule has 9 heteroatoms. The molecule has 0 bridgehead atoms. The summed E-state index contributed by atoms with van der Waals surface area (Å²) in [6.07, 6.45) is 1.73. The Balaban J connectivity index is 2.33. The second kappa shape index (κ2) is 8.93. The summed E-state index contributed by atoms with van der Waals surface area (Å²) in [6.45, 7) is 23.6. The van der Waals surface area contributed by atoms with Crippen molar-refractivity contribution in [1.82, 2.24) is 0 Å². The molecule has 1 aromatic carbocycles. The first-order valence-electron chi connectivity index (χ1n) is 12.1. The van der Waals surface area contributed by atoms with Crippen molar-refractivity contribution in [2.45, 2.75) is 97.4 Å². The molecule has 2 heterocycles. The molecular formula is C25H41B2NO5Si. The Morgan fingerprint density at radius 2 is 1.24 bits per heavy atom. The van der Waals surface area contributed by atoms with Gasteiger partial charge in [0, 0.05) is 5.56 Å². The number of hydrogen-bond donors (Lipinski definition) is 0. The number of oxime groups is 1. The molecule has 1 aromatic rings. The average molecular weight is 485 g/mol. The standard InChI is InChI=1S/C25H41B2NO5Si/c1-22(2)23(3,4)31-26(30-22)20(19-16-14-13-15-18(19)17-28-29-9)21(34(10,11)12)27-32-24(5,6)25(7,8)33-27/h13-17H,1-12H3/b21-20+,28-17+. The summed E-state index contributed by atoms with van der Waals surface area (Å²) >= 11 is 0. The molecule has 0 unspecified atom stereocenters. The SMILES string of the molecule is CO/N=C/c1ccccc1/C(B1OC(C)(C)C(C)(C)O1)=C(/B1OC(C)(C)C(C)(C)O1)[Si](C)(C)C. The smallest absolute Gasteiger partial charge is 0.400 e. The Labute approximate surface area is 207 Å². The fourth-order valence-corrected chi connectivity index (χ4v) is 6.06. The molecule has 0 radical (unpaired) electrons. The predicted molar refractivity (Wildman–Crippen MR) is 143 cm³/mol. The molecule has 3 rings (SSSR count). The third kappa shape index (κ3) is 4.96. The molecule has 2 saturated heterocycles. The summed E-state index contributed by atoms with van der Waals surface area (Å²) in [5, 5.41) is 5.18. The number of rotatable bonds is 6. The van der Waals surface area contributed by atoms with Crippen LogP contribution in [0.1, 0.15) is 66.5 Å². The van der Waals surface area contributed by atoms with Crippen molar-refractivity contribution in [2.75, 3.05) is 7.11 Å². The van der Waals surface area contributed by atoms with Gasteiger partial charge in [0.1, 0.15) is 7.11 Å². The number of nitrogens with zero attached hydrogens (tertiary/aromatic N) is 1. The minimum absolute atomic E-state index is 0.458. The largest absolute Gasteiger partial charge is 0.494 e. The van der Waals surface area contributed by atoms with E-state index in [0.717, 1.165) is 21.7 Å². The van der Waals surface area contributed by atoms with Crippen LogP contribution in [-0.2, 0) is 23.5 Å². The third-order valence-corrected chi connectivity index (χ3v) is 9.75. The normalized spacial score (nSPS) is 24.0. The Morgan fingerprint density at radius 1 is 0.794 bits per heavy atom. The van der Waals surface area contributed by atoms with Gasteiger partial charge in [0.2, 0.25) is 0 Å². The van der Waals surface area contributed by atoms with Crippen LogP contribution >= 0.6 is 0 Å². The maximum atomic E-state index is 6.64. The van der Waals surface area contributed by atoms with Gasteiger partial charge in [-0.1, -0.05) is 54.2 Å². The van der Waals surface area contributed by atoms with Gasteiger partial charge in [0.05, 0.1) is 36.7 Å². The van der Waals surface area contributed by atoms with Crippen molar-refractivity contribution in [1.29, 1.82) is 0 Å². The molecule has 0 aromatic heterocycles. The van der Waals surface area contributed by atoms with Gasteiger partial charge < -0.3 is 23.5 Å². The molecule has 6 nitrogen and oxygen atoms in total. The second-order valence-electron chi connectivity index (χ2n) is 12.3. The van der Waals surface area contributed by atoms with E-state index >= 15 is 0 Å². The Morgan fingerprint density at radius 3 is 1.68 bits per heavy atom. The van der Waals surface area contributed by atoms with Crippen LogP contribution in [0.25, 0.3) is 5.47 Å². The zero-order chi connectivity index (χ0) is 25.7. The van der Waals surface area contributed by atoms with Crippen molar-refractivity contribution < 1.29 is 23.5 Å². The highest BCUT2D eigenvalue weighted by Gasteiger charge is 2.58. The fraction of sp³-hybridized carbons (Fsp3) is 0.640. The maximum Gasteiger partial charge on any atom is 0.494 e. The van der Waals surface area contributed by atoms with Gasteiger partial charge in [-0.2, -0.15) is 0 Å². The molecular weight excluding hydrogens is 444 g/mol. The highest BCUT2D eigenvalue weighted by molar-refractivity contribution is 6.99. The summed E-state index contributed by atoms with van der Waals surface area (Å²) in [6, 6.07) is 8.13. The Kier molecular flexibility index (Phi) is 7.14. The number of benzene rings is 1. The second-order valence-corrected chi connectivity index (χ2v) is 17.3. The van der Waals surface area contributed by atoms with E-state index in [0.29, 0.717) is 0 Å². The third-order valence-electron chi connectivity index (χ3n) is 7.62. The van der Waals surface area contributed by atoms with Crippen molar-refractivity contribution >= 4 is 34.0 Å². The number of hydrogen-bond acceptors (Lipinski definition) is 6. The van der Waals surface area contributed by atoms with Gasteiger partial charge in [0.25, 0.3) is 0 Å². The molecule has 2 fully saturated rings. The lowest BCUT2D eigenvalue weighted by molar-refractivity contribution is 0.00578. The fourth-order valence-electron chi connectivity index (χ4n) is 4.17. The molecule has 0 N–H and O–H groups in total. The molecule has 0 aliphatic carbocycles. The molecule has 186 valence electrons. The quantitative estimate of drug-likeness (QED) is 0.300. The van der Waals surface area contributed by atoms with Gasteiger partial charge in [-0.05, 0) is 66.4 Å². The van der Waals surface area contributed by atoms with E-state index in [1.165, 1.54) is 0 Å². The van der Waals surface area contributed by atoms with Crippen LogP contribution in [0.2, 0.25) is 19.6 Å². The molecule has 2 aliphatic heterocycles. The van der Waals surface area contributed by atoms with Crippen LogP contribution in [-0.4, -0.2) is 58.0 Å². The summed E-state index contributed by atoms with van der Waals surface area (Å²) in [5.74, 6) is 0.